The molecule has 2 N–H and O–H groups in total. The van der Waals surface area contributed by atoms with E-state index in [1.54, 1.807) is 0 Å². The first-order valence-electron chi connectivity index (χ1n) is 6.26. The maximum Gasteiger partial charge on any atom is 0.201 e. The SMILES string of the molecule is Cn1c(N)nc(Cl)c1-c1ccc2c(c1)CCCC2. The van der Waals surface area contributed by atoms with E-state index >= 15 is 0 Å². The minimum absolute atomic E-state index is 0.452. The molecule has 0 saturated heterocycles. The zero-order valence-electron chi connectivity index (χ0n) is 10.4. The molecule has 0 spiro atoms. The van der Waals surface area contributed by atoms with Gasteiger partial charge in [0, 0.05) is 12.6 Å². The predicted molar refractivity (Wildman–Crippen MR) is 74.7 cm³/mol. The van der Waals surface area contributed by atoms with Crippen LogP contribution in [0.4, 0.5) is 5.95 Å². The van der Waals surface area contributed by atoms with Crippen LogP contribution in [-0.2, 0) is 19.9 Å². The van der Waals surface area contributed by atoms with Gasteiger partial charge in [-0.05, 0) is 42.9 Å². The summed E-state index contributed by atoms with van der Waals surface area (Å²) in [6.45, 7) is 0. The lowest BCUT2D eigenvalue weighted by Gasteiger charge is -2.16. The first-order valence-corrected chi connectivity index (χ1v) is 6.64. The molecule has 3 rings (SSSR count). The van der Waals surface area contributed by atoms with Crippen molar-refractivity contribution in [1.29, 1.82) is 0 Å². The second-order valence-corrected chi connectivity index (χ2v) is 5.22. The van der Waals surface area contributed by atoms with E-state index in [0.717, 1.165) is 17.7 Å². The molecule has 3 nitrogen and oxygen atoms in total. The van der Waals surface area contributed by atoms with Gasteiger partial charge in [-0.2, -0.15) is 0 Å². The standard InChI is InChI=1S/C14H16ClN3/c1-18-12(13(15)17-14(18)16)11-7-6-9-4-2-3-5-10(9)8-11/h6-8H,2-5H2,1H3,(H2,16,17). The van der Waals surface area contributed by atoms with Crippen LogP contribution in [0, 0.1) is 0 Å². The first kappa shape index (κ1) is 11.6. The largest absolute Gasteiger partial charge is 0.369 e. The second kappa shape index (κ2) is 4.32. The molecule has 4 heteroatoms. The Morgan fingerprint density at radius 3 is 2.61 bits per heavy atom. The van der Waals surface area contributed by atoms with Crippen LogP contribution in [0.1, 0.15) is 24.0 Å². The Morgan fingerprint density at radius 2 is 1.94 bits per heavy atom. The molecule has 1 aliphatic rings. The van der Waals surface area contributed by atoms with Crippen LogP contribution >= 0.6 is 11.6 Å². The number of benzene rings is 1. The number of hydrogen-bond donors (Lipinski definition) is 1. The molecule has 1 heterocycles. The monoisotopic (exact) mass is 261 g/mol. The minimum Gasteiger partial charge on any atom is -0.369 e. The van der Waals surface area contributed by atoms with Gasteiger partial charge in [-0.3, -0.25) is 0 Å². The summed E-state index contributed by atoms with van der Waals surface area (Å²) < 4.78 is 1.84. The van der Waals surface area contributed by atoms with Crippen LogP contribution in [0.2, 0.25) is 5.15 Å². The van der Waals surface area contributed by atoms with Gasteiger partial charge in [0.15, 0.2) is 5.15 Å². The lowest BCUT2D eigenvalue weighted by molar-refractivity contribution is 0.686. The number of hydrogen-bond acceptors (Lipinski definition) is 2. The van der Waals surface area contributed by atoms with E-state index in [4.69, 9.17) is 17.3 Å². The van der Waals surface area contributed by atoms with Crippen molar-refractivity contribution in [2.75, 3.05) is 5.73 Å². The van der Waals surface area contributed by atoms with Gasteiger partial charge in [0.05, 0.1) is 5.69 Å². The molecule has 0 radical (unpaired) electrons. The average Bonchev–Trinajstić information content (AvgIpc) is 2.63. The molecule has 0 unspecified atom stereocenters. The van der Waals surface area contributed by atoms with Crippen LogP contribution in [-0.4, -0.2) is 9.55 Å². The highest BCUT2D eigenvalue weighted by Crippen LogP contribution is 2.32. The van der Waals surface area contributed by atoms with Crippen molar-refractivity contribution in [3.63, 3.8) is 0 Å². The molecule has 94 valence electrons. The summed E-state index contributed by atoms with van der Waals surface area (Å²) in [5, 5.41) is 0.478. The molecule has 18 heavy (non-hydrogen) atoms. The fourth-order valence-corrected chi connectivity index (χ4v) is 3.00. The van der Waals surface area contributed by atoms with Crippen molar-refractivity contribution < 1.29 is 0 Å². The number of halogens is 1. The van der Waals surface area contributed by atoms with Gasteiger partial charge in [0.2, 0.25) is 5.95 Å². The minimum atomic E-state index is 0.452. The topological polar surface area (TPSA) is 43.8 Å². The lowest BCUT2D eigenvalue weighted by atomic mass is 9.90. The first-order chi connectivity index (χ1) is 8.66. The highest BCUT2D eigenvalue weighted by Gasteiger charge is 2.16. The molecule has 1 aromatic carbocycles. The molecule has 2 aromatic rings. The maximum atomic E-state index is 6.16. The van der Waals surface area contributed by atoms with E-state index in [0.29, 0.717) is 11.1 Å². The number of fused-ring (bicyclic) bond motifs is 1. The summed E-state index contributed by atoms with van der Waals surface area (Å²) in [7, 11) is 1.89. The molecule has 0 fully saturated rings. The lowest BCUT2D eigenvalue weighted by Crippen LogP contribution is -2.03. The number of aromatic nitrogens is 2. The highest BCUT2D eigenvalue weighted by atomic mass is 35.5. The summed E-state index contributed by atoms with van der Waals surface area (Å²) in [6, 6.07) is 6.56. The van der Waals surface area contributed by atoms with E-state index in [-0.39, 0.29) is 0 Å². The summed E-state index contributed by atoms with van der Waals surface area (Å²) in [5.41, 5.74) is 10.7. The van der Waals surface area contributed by atoms with Gasteiger partial charge in [0.25, 0.3) is 0 Å². The fraction of sp³-hybridized carbons (Fsp3) is 0.357. The Kier molecular flexibility index (Phi) is 2.78. The average molecular weight is 262 g/mol. The van der Waals surface area contributed by atoms with E-state index < -0.39 is 0 Å². The zero-order valence-corrected chi connectivity index (χ0v) is 11.2. The summed E-state index contributed by atoms with van der Waals surface area (Å²) in [5.74, 6) is 0.452. The van der Waals surface area contributed by atoms with Crippen LogP contribution in [0.5, 0.6) is 0 Å². The Balaban J connectivity index is 2.12. The summed E-state index contributed by atoms with van der Waals surface area (Å²) in [6.07, 6.45) is 4.93. The third-order valence-corrected chi connectivity index (χ3v) is 3.97. The van der Waals surface area contributed by atoms with Crippen LogP contribution in [0.3, 0.4) is 0 Å². The Bertz CT molecular complexity index is 601. The van der Waals surface area contributed by atoms with Crippen molar-refractivity contribution in [3.05, 3.63) is 34.5 Å². The van der Waals surface area contributed by atoms with Gasteiger partial charge < -0.3 is 10.3 Å². The van der Waals surface area contributed by atoms with Gasteiger partial charge in [0.1, 0.15) is 0 Å². The number of nitrogens with zero attached hydrogens (tertiary/aromatic N) is 2. The van der Waals surface area contributed by atoms with Gasteiger partial charge in [-0.1, -0.05) is 23.7 Å². The molecule has 1 aliphatic carbocycles. The van der Waals surface area contributed by atoms with Crippen molar-refractivity contribution >= 4 is 17.5 Å². The van der Waals surface area contributed by atoms with Crippen molar-refractivity contribution in [1.82, 2.24) is 9.55 Å². The Labute approximate surface area is 112 Å². The van der Waals surface area contributed by atoms with Crippen LogP contribution < -0.4 is 5.73 Å². The van der Waals surface area contributed by atoms with Gasteiger partial charge in [-0.25, -0.2) is 4.98 Å². The zero-order chi connectivity index (χ0) is 12.7. The molecule has 0 saturated carbocycles. The molecule has 0 amide bonds. The number of aryl methyl sites for hydroxylation is 2. The second-order valence-electron chi connectivity index (χ2n) is 4.86. The highest BCUT2D eigenvalue weighted by molar-refractivity contribution is 6.32. The third kappa shape index (κ3) is 1.79. The number of nitrogen functional groups attached to an aromatic ring is 1. The number of imidazole rings is 1. The molecular weight excluding hydrogens is 246 g/mol. The predicted octanol–water partition coefficient (Wildman–Crippen LogP) is 3.20. The fourth-order valence-electron chi connectivity index (χ4n) is 2.67. The van der Waals surface area contributed by atoms with E-state index in [2.05, 4.69) is 23.2 Å². The van der Waals surface area contributed by atoms with Crippen LogP contribution in [0.25, 0.3) is 11.3 Å². The molecular formula is C14H16ClN3. The number of anilines is 1. The van der Waals surface area contributed by atoms with Crippen molar-refractivity contribution in [2.45, 2.75) is 25.7 Å². The third-order valence-electron chi connectivity index (χ3n) is 3.71. The van der Waals surface area contributed by atoms with Crippen molar-refractivity contribution in [3.8, 4) is 11.3 Å². The van der Waals surface area contributed by atoms with E-state index in [9.17, 15) is 0 Å². The van der Waals surface area contributed by atoms with E-state index in [1.165, 1.54) is 30.4 Å². The number of rotatable bonds is 1. The Morgan fingerprint density at radius 1 is 1.22 bits per heavy atom. The smallest absolute Gasteiger partial charge is 0.201 e. The number of nitrogens with two attached hydrogens (primary N) is 1. The normalized spacial score (nSPS) is 14.6. The van der Waals surface area contributed by atoms with Crippen molar-refractivity contribution in [2.24, 2.45) is 7.05 Å². The molecule has 0 aliphatic heterocycles. The molecule has 1 aromatic heterocycles. The Hall–Kier alpha value is -1.48. The maximum absolute atomic E-state index is 6.16. The van der Waals surface area contributed by atoms with E-state index in [1.807, 2.05) is 11.6 Å². The summed E-state index contributed by atoms with van der Waals surface area (Å²) in [4.78, 5) is 4.11. The van der Waals surface area contributed by atoms with Crippen LogP contribution in [0.15, 0.2) is 18.2 Å². The molecule has 0 bridgehead atoms. The molecule has 0 atom stereocenters. The van der Waals surface area contributed by atoms with Gasteiger partial charge in [-0.15, -0.1) is 0 Å². The van der Waals surface area contributed by atoms with Gasteiger partial charge >= 0.3 is 0 Å². The summed E-state index contributed by atoms with van der Waals surface area (Å²) >= 11 is 6.16. The quantitative estimate of drug-likeness (QED) is 0.857.